The number of fused-ring (bicyclic) bond motifs is 3. The van der Waals surface area contributed by atoms with Gasteiger partial charge >= 0.3 is 0 Å². The summed E-state index contributed by atoms with van der Waals surface area (Å²) >= 11 is 0. The van der Waals surface area contributed by atoms with E-state index in [-0.39, 0.29) is 0 Å². The zero-order valence-corrected chi connectivity index (χ0v) is 19.5. The van der Waals surface area contributed by atoms with Gasteiger partial charge in [0.05, 0.1) is 16.7 Å². The Morgan fingerprint density at radius 1 is 0.389 bits per heavy atom. The largest absolute Gasteiger partial charge is 0.309 e. The van der Waals surface area contributed by atoms with Crippen molar-refractivity contribution >= 4 is 21.8 Å². The first kappa shape index (κ1) is 20.4. The second-order valence-electron chi connectivity index (χ2n) is 8.80. The van der Waals surface area contributed by atoms with E-state index in [0.29, 0.717) is 0 Å². The van der Waals surface area contributed by atoms with Gasteiger partial charge in [-0.3, -0.25) is 4.57 Å². The first-order valence-electron chi connectivity index (χ1n) is 12.0. The number of hydrogen-bond donors (Lipinski definition) is 0. The van der Waals surface area contributed by atoms with Crippen molar-refractivity contribution in [2.24, 2.45) is 0 Å². The van der Waals surface area contributed by atoms with E-state index in [4.69, 9.17) is 0 Å². The fraction of sp³-hybridized carbons (Fsp3) is 0. The van der Waals surface area contributed by atoms with Crippen LogP contribution in [0.5, 0.6) is 0 Å². The van der Waals surface area contributed by atoms with Crippen LogP contribution in [0.1, 0.15) is 0 Å². The van der Waals surface area contributed by atoms with Gasteiger partial charge in [0.15, 0.2) is 11.6 Å². The molecule has 0 aliphatic rings. The molecule has 7 rings (SSSR count). The van der Waals surface area contributed by atoms with Crippen molar-refractivity contribution in [1.82, 2.24) is 19.3 Å². The molecule has 0 saturated heterocycles. The molecular weight excluding hydrogens is 440 g/mol. The zero-order valence-electron chi connectivity index (χ0n) is 19.5. The standard InChI is InChI=1S/C32H22N4/c1-3-12-23(13-4-1)31-33-34-32(24-14-5-2-6-15-24)36(31)26-17-11-16-25(22-26)35-29-20-9-7-18-27(29)28-19-8-10-21-30(28)35/h1-22H. The van der Waals surface area contributed by atoms with E-state index in [9.17, 15) is 0 Å². The van der Waals surface area contributed by atoms with Crippen molar-refractivity contribution in [3.63, 3.8) is 0 Å². The van der Waals surface area contributed by atoms with Crippen molar-refractivity contribution in [3.8, 4) is 34.2 Å². The van der Waals surface area contributed by atoms with Gasteiger partial charge in [-0.15, -0.1) is 10.2 Å². The molecule has 0 aliphatic heterocycles. The molecule has 0 saturated carbocycles. The lowest BCUT2D eigenvalue weighted by Gasteiger charge is -2.14. The summed E-state index contributed by atoms with van der Waals surface area (Å²) in [6.45, 7) is 0. The SMILES string of the molecule is c1ccc(-c2nnc(-c3ccccc3)n2-c2cccc(-n3c4ccccc4c4ccccc43)c2)cc1. The van der Waals surface area contributed by atoms with Gasteiger partial charge in [0.25, 0.3) is 0 Å². The van der Waals surface area contributed by atoms with Crippen LogP contribution >= 0.6 is 0 Å². The van der Waals surface area contributed by atoms with Crippen molar-refractivity contribution in [3.05, 3.63) is 133 Å². The minimum absolute atomic E-state index is 0.814. The normalized spacial score (nSPS) is 11.3. The summed E-state index contributed by atoms with van der Waals surface area (Å²) in [4.78, 5) is 0. The molecule has 2 heterocycles. The summed E-state index contributed by atoms with van der Waals surface area (Å²) < 4.78 is 4.49. The predicted molar refractivity (Wildman–Crippen MR) is 147 cm³/mol. The van der Waals surface area contributed by atoms with Gasteiger partial charge in [0.1, 0.15) is 0 Å². The van der Waals surface area contributed by atoms with Crippen LogP contribution in [0.3, 0.4) is 0 Å². The maximum Gasteiger partial charge on any atom is 0.168 e. The Hall–Kier alpha value is -4.96. The Labute approximate surface area is 208 Å². The fourth-order valence-corrected chi connectivity index (χ4v) is 5.05. The number of benzene rings is 5. The van der Waals surface area contributed by atoms with E-state index in [1.807, 2.05) is 36.4 Å². The molecule has 0 spiro atoms. The highest BCUT2D eigenvalue weighted by Crippen LogP contribution is 2.34. The van der Waals surface area contributed by atoms with Crippen LogP contribution in [0.4, 0.5) is 0 Å². The minimum Gasteiger partial charge on any atom is -0.309 e. The molecule has 0 unspecified atom stereocenters. The molecule has 5 aromatic carbocycles. The van der Waals surface area contributed by atoms with Gasteiger partial charge < -0.3 is 4.57 Å². The van der Waals surface area contributed by atoms with Gasteiger partial charge in [-0.05, 0) is 30.3 Å². The third-order valence-electron chi connectivity index (χ3n) is 6.65. The van der Waals surface area contributed by atoms with Crippen LogP contribution in [0.25, 0.3) is 56.0 Å². The summed E-state index contributed by atoms with van der Waals surface area (Å²) in [7, 11) is 0. The summed E-state index contributed by atoms with van der Waals surface area (Å²) in [6, 6.07) is 46.3. The van der Waals surface area contributed by atoms with Crippen molar-refractivity contribution in [2.45, 2.75) is 0 Å². The molecule has 0 radical (unpaired) electrons. The van der Waals surface area contributed by atoms with E-state index in [1.165, 1.54) is 21.8 Å². The summed E-state index contributed by atoms with van der Waals surface area (Å²) in [5.74, 6) is 1.63. The Bertz CT molecular complexity index is 1720. The van der Waals surface area contributed by atoms with E-state index < -0.39 is 0 Å². The summed E-state index contributed by atoms with van der Waals surface area (Å²) in [6.07, 6.45) is 0. The molecule has 7 aromatic rings. The molecule has 4 nitrogen and oxygen atoms in total. The predicted octanol–water partition coefficient (Wildman–Crippen LogP) is 7.70. The smallest absolute Gasteiger partial charge is 0.168 e. The lowest BCUT2D eigenvalue weighted by Crippen LogP contribution is -2.02. The Kier molecular flexibility index (Phi) is 4.74. The van der Waals surface area contributed by atoms with Crippen molar-refractivity contribution in [1.29, 1.82) is 0 Å². The maximum atomic E-state index is 4.64. The molecule has 0 amide bonds. The number of para-hydroxylation sites is 2. The molecule has 170 valence electrons. The first-order valence-corrected chi connectivity index (χ1v) is 12.0. The first-order chi connectivity index (χ1) is 17.9. The average molecular weight is 463 g/mol. The quantitative estimate of drug-likeness (QED) is 0.269. The molecule has 36 heavy (non-hydrogen) atoms. The second-order valence-corrected chi connectivity index (χ2v) is 8.80. The highest BCUT2D eigenvalue weighted by atomic mass is 15.3. The van der Waals surface area contributed by atoms with E-state index in [2.05, 4.69) is 116 Å². The monoisotopic (exact) mass is 462 g/mol. The number of hydrogen-bond acceptors (Lipinski definition) is 2. The highest BCUT2D eigenvalue weighted by molar-refractivity contribution is 6.09. The van der Waals surface area contributed by atoms with Crippen molar-refractivity contribution < 1.29 is 0 Å². The molecule has 0 fully saturated rings. The molecule has 0 bridgehead atoms. The average Bonchev–Trinajstić information content (AvgIpc) is 3.54. The molecular formula is C32H22N4. The molecule has 4 heteroatoms. The molecule has 2 aromatic heterocycles. The Morgan fingerprint density at radius 3 is 1.36 bits per heavy atom. The molecule has 0 N–H and O–H groups in total. The van der Waals surface area contributed by atoms with Gasteiger partial charge in [-0.2, -0.15) is 0 Å². The van der Waals surface area contributed by atoms with Crippen LogP contribution in [-0.4, -0.2) is 19.3 Å². The topological polar surface area (TPSA) is 35.6 Å². The van der Waals surface area contributed by atoms with Crippen LogP contribution in [0, 0.1) is 0 Å². The third kappa shape index (κ3) is 3.23. The van der Waals surface area contributed by atoms with Crippen LogP contribution in [0.15, 0.2) is 133 Å². The lowest BCUT2D eigenvalue weighted by atomic mass is 10.1. The van der Waals surface area contributed by atoms with Crippen LogP contribution < -0.4 is 0 Å². The van der Waals surface area contributed by atoms with Gasteiger partial charge in [0, 0.05) is 27.6 Å². The minimum atomic E-state index is 0.814. The maximum absolute atomic E-state index is 4.64. The summed E-state index contributed by atoms with van der Waals surface area (Å²) in [5.41, 5.74) is 6.52. The summed E-state index contributed by atoms with van der Waals surface area (Å²) in [5, 5.41) is 11.8. The Morgan fingerprint density at radius 2 is 0.833 bits per heavy atom. The van der Waals surface area contributed by atoms with E-state index >= 15 is 0 Å². The fourth-order valence-electron chi connectivity index (χ4n) is 5.05. The third-order valence-corrected chi connectivity index (χ3v) is 6.65. The van der Waals surface area contributed by atoms with E-state index in [0.717, 1.165) is 34.2 Å². The lowest BCUT2D eigenvalue weighted by molar-refractivity contribution is 1.06. The molecule has 0 aliphatic carbocycles. The van der Waals surface area contributed by atoms with Gasteiger partial charge in [-0.1, -0.05) is 103 Å². The van der Waals surface area contributed by atoms with E-state index in [1.54, 1.807) is 0 Å². The van der Waals surface area contributed by atoms with Gasteiger partial charge in [0.2, 0.25) is 0 Å². The van der Waals surface area contributed by atoms with Gasteiger partial charge in [-0.25, -0.2) is 0 Å². The Balaban J connectivity index is 1.49. The van der Waals surface area contributed by atoms with Crippen molar-refractivity contribution in [2.75, 3.05) is 0 Å². The van der Waals surface area contributed by atoms with Crippen LogP contribution in [0.2, 0.25) is 0 Å². The second kappa shape index (κ2) is 8.36. The number of aromatic nitrogens is 4. The zero-order chi connectivity index (χ0) is 23.9. The van der Waals surface area contributed by atoms with Crippen LogP contribution in [-0.2, 0) is 0 Å². The number of nitrogens with zero attached hydrogens (tertiary/aromatic N) is 4. The highest BCUT2D eigenvalue weighted by Gasteiger charge is 2.18. The molecule has 0 atom stereocenters. The number of rotatable bonds is 4.